The molecular formula is C9H18N2O5. The van der Waals surface area contributed by atoms with Gasteiger partial charge in [0.1, 0.15) is 18.2 Å². The molecule has 0 radical (unpaired) electrons. The predicted molar refractivity (Wildman–Crippen MR) is 53.6 cm³/mol. The molecule has 0 aliphatic carbocycles. The van der Waals surface area contributed by atoms with Crippen molar-refractivity contribution in [1.29, 1.82) is 0 Å². The topological polar surface area (TPSA) is 113 Å². The number of aliphatic hydroxyl groups excluding tert-OH is 3. The molecule has 5 N–H and O–H groups in total. The van der Waals surface area contributed by atoms with E-state index in [9.17, 15) is 20.1 Å². The number of carbonyl (C=O) groups is 1. The van der Waals surface area contributed by atoms with Gasteiger partial charge in [0.05, 0.1) is 6.10 Å². The molecule has 1 aliphatic heterocycles. The lowest BCUT2D eigenvalue weighted by atomic mass is 9.92. The fourth-order valence-electron chi connectivity index (χ4n) is 1.95. The van der Waals surface area contributed by atoms with Gasteiger partial charge in [-0.25, -0.2) is 5.48 Å². The molecule has 1 saturated heterocycles. The van der Waals surface area contributed by atoms with Crippen LogP contribution < -0.4 is 5.48 Å². The van der Waals surface area contributed by atoms with E-state index in [0.717, 1.165) is 0 Å². The standard InChI is InChI=1S/C9H18N2O5/c1-4(2)11-3-5(12)7(13)8(14)6(11)9(15)10-16/h4-8,12-14,16H,3H2,1-2H3,(H,10,15)/t5-,6-,7-,8+/m1/s1. The second-order valence-electron chi connectivity index (χ2n) is 4.26. The summed E-state index contributed by atoms with van der Waals surface area (Å²) in [6, 6.07) is -1.18. The van der Waals surface area contributed by atoms with Gasteiger partial charge in [-0.05, 0) is 13.8 Å². The van der Waals surface area contributed by atoms with E-state index in [0.29, 0.717) is 0 Å². The van der Waals surface area contributed by atoms with Crippen molar-refractivity contribution in [3.05, 3.63) is 0 Å². The Bertz CT molecular complexity index is 260. The minimum absolute atomic E-state index is 0.0635. The first-order valence-corrected chi connectivity index (χ1v) is 5.14. The molecule has 7 nitrogen and oxygen atoms in total. The van der Waals surface area contributed by atoms with Crippen molar-refractivity contribution in [2.45, 2.75) is 44.2 Å². The van der Waals surface area contributed by atoms with Crippen LogP contribution in [-0.4, -0.2) is 68.3 Å². The number of hydrogen-bond donors (Lipinski definition) is 5. The molecule has 0 spiro atoms. The zero-order chi connectivity index (χ0) is 12.5. The summed E-state index contributed by atoms with van der Waals surface area (Å²) in [5, 5.41) is 37.2. The zero-order valence-electron chi connectivity index (χ0n) is 9.24. The summed E-state index contributed by atoms with van der Waals surface area (Å²) in [6.07, 6.45) is -3.93. The fraction of sp³-hybridized carbons (Fsp3) is 0.889. The van der Waals surface area contributed by atoms with E-state index in [2.05, 4.69) is 0 Å². The SMILES string of the molecule is CC(C)N1C[C@@H](O)[C@@H](O)[C@@H](O)[C@@H]1C(=O)NO. The summed E-state index contributed by atoms with van der Waals surface area (Å²) in [6.45, 7) is 3.64. The molecule has 0 bridgehead atoms. The molecule has 0 unspecified atom stereocenters. The van der Waals surface area contributed by atoms with Crippen molar-refractivity contribution in [3.8, 4) is 0 Å². The van der Waals surface area contributed by atoms with Gasteiger partial charge in [0, 0.05) is 12.6 Å². The second kappa shape index (κ2) is 5.07. The van der Waals surface area contributed by atoms with Gasteiger partial charge in [-0.15, -0.1) is 0 Å². The van der Waals surface area contributed by atoms with E-state index in [1.807, 2.05) is 0 Å². The monoisotopic (exact) mass is 234 g/mol. The first-order chi connectivity index (χ1) is 7.40. The fourth-order valence-corrected chi connectivity index (χ4v) is 1.95. The lowest BCUT2D eigenvalue weighted by molar-refractivity contribution is -0.167. The highest BCUT2D eigenvalue weighted by molar-refractivity contribution is 5.81. The first kappa shape index (κ1) is 13.3. The van der Waals surface area contributed by atoms with Gasteiger partial charge in [-0.1, -0.05) is 0 Å². The minimum atomic E-state index is -1.43. The van der Waals surface area contributed by atoms with Crippen molar-refractivity contribution < 1.29 is 25.3 Å². The number of likely N-dealkylation sites (tertiary alicyclic amines) is 1. The summed E-state index contributed by atoms with van der Waals surface area (Å²) in [4.78, 5) is 12.9. The summed E-state index contributed by atoms with van der Waals surface area (Å²) in [5.41, 5.74) is 1.45. The molecule has 16 heavy (non-hydrogen) atoms. The third-order valence-electron chi connectivity index (χ3n) is 2.86. The molecule has 1 rings (SSSR count). The average Bonchev–Trinajstić information content (AvgIpc) is 2.24. The predicted octanol–water partition coefficient (Wildman–Crippen LogP) is -2.33. The van der Waals surface area contributed by atoms with Crippen LogP contribution in [0.1, 0.15) is 13.8 Å². The first-order valence-electron chi connectivity index (χ1n) is 5.14. The number of hydrogen-bond acceptors (Lipinski definition) is 6. The molecule has 1 fully saturated rings. The molecule has 4 atom stereocenters. The molecule has 7 heteroatoms. The number of nitrogens with zero attached hydrogens (tertiary/aromatic N) is 1. The summed E-state index contributed by atoms with van der Waals surface area (Å²) >= 11 is 0. The Balaban J connectivity index is 2.93. The van der Waals surface area contributed by atoms with E-state index in [-0.39, 0.29) is 12.6 Å². The average molecular weight is 234 g/mol. The molecule has 1 heterocycles. The summed E-state index contributed by atoms with van der Waals surface area (Å²) in [5.74, 6) is -0.799. The van der Waals surface area contributed by atoms with E-state index in [4.69, 9.17) is 5.21 Å². The number of nitrogens with one attached hydrogen (secondary N) is 1. The van der Waals surface area contributed by atoms with Gasteiger partial charge in [-0.3, -0.25) is 14.9 Å². The number of β-amino-alcohol motifs (C(OH)–C–C–N with tert-alkyl or cyclic N) is 1. The van der Waals surface area contributed by atoms with Crippen LogP contribution in [0.3, 0.4) is 0 Å². The molecule has 1 aliphatic rings. The van der Waals surface area contributed by atoms with Gasteiger partial charge in [0.2, 0.25) is 0 Å². The molecule has 94 valence electrons. The van der Waals surface area contributed by atoms with Crippen molar-refractivity contribution in [3.63, 3.8) is 0 Å². The Morgan fingerprint density at radius 3 is 2.31 bits per heavy atom. The van der Waals surface area contributed by atoms with Crippen LogP contribution in [0, 0.1) is 0 Å². The van der Waals surface area contributed by atoms with Crippen LogP contribution >= 0.6 is 0 Å². The van der Waals surface area contributed by atoms with E-state index in [1.54, 1.807) is 13.8 Å². The number of rotatable bonds is 2. The van der Waals surface area contributed by atoms with Gasteiger partial charge in [-0.2, -0.15) is 0 Å². The van der Waals surface area contributed by atoms with E-state index < -0.39 is 30.3 Å². The molecular weight excluding hydrogens is 216 g/mol. The maximum absolute atomic E-state index is 11.4. The number of aliphatic hydroxyl groups is 3. The van der Waals surface area contributed by atoms with Crippen LogP contribution in [0.4, 0.5) is 0 Å². The van der Waals surface area contributed by atoms with Gasteiger partial charge in [0.25, 0.3) is 5.91 Å². The summed E-state index contributed by atoms with van der Waals surface area (Å²) < 4.78 is 0. The molecule has 1 amide bonds. The number of carbonyl (C=O) groups excluding carboxylic acids is 1. The highest BCUT2D eigenvalue weighted by Crippen LogP contribution is 2.21. The van der Waals surface area contributed by atoms with Gasteiger partial charge >= 0.3 is 0 Å². The number of piperidine rings is 1. The highest BCUT2D eigenvalue weighted by Gasteiger charge is 2.45. The van der Waals surface area contributed by atoms with Crippen LogP contribution in [-0.2, 0) is 4.79 Å². The lowest BCUT2D eigenvalue weighted by Gasteiger charge is -2.44. The van der Waals surface area contributed by atoms with Gasteiger partial charge < -0.3 is 15.3 Å². The maximum Gasteiger partial charge on any atom is 0.263 e. The smallest absolute Gasteiger partial charge is 0.263 e. The highest BCUT2D eigenvalue weighted by atomic mass is 16.5. The van der Waals surface area contributed by atoms with E-state index in [1.165, 1.54) is 10.4 Å². The largest absolute Gasteiger partial charge is 0.389 e. The van der Waals surface area contributed by atoms with Crippen molar-refractivity contribution in [1.82, 2.24) is 10.4 Å². The van der Waals surface area contributed by atoms with Crippen molar-refractivity contribution in [2.24, 2.45) is 0 Å². The molecule has 0 aromatic carbocycles. The lowest BCUT2D eigenvalue weighted by Crippen LogP contribution is -2.66. The molecule has 0 aromatic heterocycles. The third kappa shape index (κ3) is 2.33. The Labute approximate surface area is 93.3 Å². The van der Waals surface area contributed by atoms with Crippen LogP contribution in [0.2, 0.25) is 0 Å². The Morgan fingerprint density at radius 1 is 1.31 bits per heavy atom. The van der Waals surface area contributed by atoms with Crippen molar-refractivity contribution in [2.75, 3.05) is 6.54 Å². The third-order valence-corrected chi connectivity index (χ3v) is 2.86. The molecule has 0 saturated carbocycles. The quantitative estimate of drug-likeness (QED) is 0.270. The van der Waals surface area contributed by atoms with Crippen LogP contribution in [0.5, 0.6) is 0 Å². The summed E-state index contributed by atoms with van der Waals surface area (Å²) in [7, 11) is 0. The van der Waals surface area contributed by atoms with Crippen molar-refractivity contribution >= 4 is 5.91 Å². The van der Waals surface area contributed by atoms with Gasteiger partial charge in [0.15, 0.2) is 0 Å². The normalized spacial score (nSPS) is 36.4. The number of hydroxylamine groups is 1. The molecule has 0 aromatic rings. The minimum Gasteiger partial charge on any atom is -0.389 e. The van der Waals surface area contributed by atoms with Crippen LogP contribution in [0.15, 0.2) is 0 Å². The Hall–Kier alpha value is -0.730. The zero-order valence-corrected chi connectivity index (χ0v) is 9.24. The second-order valence-corrected chi connectivity index (χ2v) is 4.26. The number of amides is 1. The van der Waals surface area contributed by atoms with Crippen LogP contribution in [0.25, 0.3) is 0 Å². The Morgan fingerprint density at radius 2 is 1.88 bits per heavy atom. The van der Waals surface area contributed by atoms with E-state index >= 15 is 0 Å². The Kier molecular flexibility index (Phi) is 4.22. The maximum atomic E-state index is 11.4.